The molecule has 4 heteroatoms. The molecule has 0 amide bonds. The molecule has 0 saturated heterocycles. The van der Waals surface area contributed by atoms with Gasteiger partial charge in [0.2, 0.25) is 0 Å². The van der Waals surface area contributed by atoms with E-state index < -0.39 is 17.2 Å². The van der Waals surface area contributed by atoms with Crippen LogP contribution in [0.15, 0.2) is 42.5 Å². The van der Waals surface area contributed by atoms with Crippen LogP contribution in [0.4, 0.5) is 8.78 Å². The van der Waals surface area contributed by atoms with E-state index in [9.17, 15) is 8.78 Å². The van der Waals surface area contributed by atoms with Crippen LogP contribution < -0.4 is 10.5 Å². The van der Waals surface area contributed by atoms with Gasteiger partial charge in [-0.1, -0.05) is 18.2 Å². The molecule has 0 heterocycles. The van der Waals surface area contributed by atoms with Gasteiger partial charge in [-0.05, 0) is 37.1 Å². The van der Waals surface area contributed by atoms with E-state index in [1.54, 1.807) is 7.11 Å². The first-order chi connectivity index (χ1) is 9.42. The predicted molar refractivity (Wildman–Crippen MR) is 74.6 cm³/mol. The molecule has 2 aromatic carbocycles. The maximum absolute atomic E-state index is 13.2. The summed E-state index contributed by atoms with van der Waals surface area (Å²) in [6.45, 7) is 1.81. The first kappa shape index (κ1) is 14.5. The van der Waals surface area contributed by atoms with Gasteiger partial charge in [0.1, 0.15) is 17.4 Å². The molecule has 0 fully saturated rings. The normalized spacial score (nSPS) is 13.8. The largest absolute Gasteiger partial charge is 0.496 e. The van der Waals surface area contributed by atoms with Gasteiger partial charge in [0.25, 0.3) is 0 Å². The van der Waals surface area contributed by atoms with Gasteiger partial charge >= 0.3 is 0 Å². The zero-order chi connectivity index (χ0) is 14.8. The highest BCUT2D eigenvalue weighted by Crippen LogP contribution is 2.30. The molecule has 106 valence electrons. The van der Waals surface area contributed by atoms with Crippen LogP contribution in [-0.4, -0.2) is 7.11 Å². The van der Waals surface area contributed by atoms with Gasteiger partial charge in [-0.2, -0.15) is 0 Å². The Morgan fingerprint density at radius 2 is 1.70 bits per heavy atom. The highest BCUT2D eigenvalue weighted by atomic mass is 19.1. The SMILES string of the molecule is COc1ccccc1C(C)(N)Cc1cc(F)cc(F)c1. The lowest BCUT2D eigenvalue weighted by molar-refractivity contribution is 0.386. The molecule has 20 heavy (non-hydrogen) atoms. The molecule has 0 radical (unpaired) electrons. The number of benzene rings is 2. The molecule has 1 unspecified atom stereocenters. The minimum absolute atomic E-state index is 0.308. The van der Waals surface area contributed by atoms with Gasteiger partial charge in [0.05, 0.1) is 7.11 Å². The van der Waals surface area contributed by atoms with Gasteiger partial charge in [0, 0.05) is 17.2 Å². The zero-order valence-electron chi connectivity index (χ0n) is 11.5. The minimum atomic E-state index is -0.785. The van der Waals surface area contributed by atoms with E-state index in [1.807, 2.05) is 31.2 Å². The molecule has 1 atom stereocenters. The van der Waals surface area contributed by atoms with Crippen LogP contribution in [0.3, 0.4) is 0 Å². The third kappa shape index (κ3) is 3.14. The van der Waals surface area contributed by atoms with Crippen molar-refractivity contribution in [2.45, 2.75) is 18.9 Å². The Hall–Kier alpha value is -1.94. The lowest BCUT2D eigenvalue weighted by Gasteiger charge is -2.27. The van der Waals surface area contributed by atoms with Crippen molar-refractivity contribution in [3.05, 3.63) is 65.2 Å². The number of halogens is 2. The van der Waals surface area contributed by atoms with Crippen molar-refractivity contribution < 1.29 is 13.5 Å². The summed E-state index contributed by atoms with van der Waals surface area (Å²) in [5.41, 5.74) is 6.85. The Morgan fingerprint density at radius 1 is 1.10 bits per heavy atom. The number of hydrogen-bond acceptors (Lipinski definition) is 2. The van der Waals surface area contributed by atoms with E-state index >= 15 is 0 Å². The van der Waals surface area contributed by atoms with Crippen LogP contribution in [0.5, 0.6) is 5.75 Å². The van der Waals surface area contributed by atoms with E-state index in [2.05, 4.69) is 0 Å². The molecule has 2 N–H and O–H groups in total. The van der Waals surface area contributed by atoms with Crippen LogP contribution in [-0.2, 0) is 12.0 Å². The summed E-state index contributed by atoms with van der Waals surface area (Å²) in [5, 5.41) is 0. The average Bonchev–Trinajstić information content (AvgIpc) is 2.36. The lowest BCUT2D eigenvalue weighted by atomic mass is 9.86. The fourth-order valence-electron chi connectivity index (χ4n) is 2.35. The first-order valence-corrected chi connectivity index (χ1v) is 6.30. The minimum Gasteiger partial charge on any atom is -0.496 e. The maximum Gasteiger partial charge on any atom is 0.126 e. The quantitative estimate of drug-likeness (QED) is 0.929. The van der Waals surface area contributed by atoms with Crippen molar-refractivity contribution in [2.75, 3.05) is 7.11 Å². The number of methoxy groups -OCH3 is 1. The molecule has 0 saturated carbocycles. The highest BCUT2D eigenvalue weighted by molar-refractivity contribution is 5.39. The Morgan fingerprint density at radius 3 is 2.30 bits per heavy atom. The van der Waals surface area contributed by atoms with Gasteiger partial charge < -0.3 is 10.5 Å². The predicted octanol–water partition coefficient (Wildman–Crippen LogP) is 3.39. The van der Waals surface area contributed by atoms with Crippen LogP contribution in [0.1, 0.15) is 18.1 Å². The second-order valence-electron chi connectivity index (χ2n) is 5.07. The summed E-state index contributed by atoms with van der Waals surface area (Å²) >= 11 is 0. The lowest BCUT2D eigenvalue weighted by Crippen LogP contribution is -2.36. The number of hydrogen-bond donors (Lipinski definition) is 1. The third-order valence-electron chi connectivity index (χ3n) is 3.22. The van der Waals surface area contributed by atoms with Crippen molar-refractivity contribution >= 4 is 0 Å². The van der Waals surface area contributed by atoms with Gasteiger partial charge in [0.15, 0.2) is 0 Å². The van der Waals surface area contributed by atoms with Crippen molar-refractivity contribution in [3.63, 3.8) is 0 Å². The molecule has 0 aliphatic carbocycles. The topological polar surface area (TPSA) is 35.2 Å². The second-order valence-corrected chi connectivity index (χ2v) is 5.07. The van der Waals surface area contributed by atoms with Crippen LogP contribution >= 0.6 is 0 Å². The molecular formula is C16H17F2NO. The summed E-state index contributed by atoms with van der Waals surface area (Å²) in [6, 6.07) is 10.8. The van der Waals surface area contributed by atoms with E-state index in [0.717, 1.165) is 11.6 Å². The Kier molecular flexibility index (Phi) is 4.04. The number of nitrogens with two attached hydrogens (primary N) is 1. The van der Waals surface area contributed by atoms with E-state index in [-0.39, 0.29) is 0 Å². The first-order valence-electron chi connectivity index (χ1n) is 6.30. The summed E-state index contributed by atoms with van der Waals surface area (Å²) in [4.78, 5) is 0. The summed E-state index contributed by atoms with van der Waals surface area (Å²) in [6.07, 6.45) is 0.308. The third-order valence-corrected chi connectivity index (χ3v) is 3.22. The Labute approximate surface area is 117 Å². The molecule has 0 spiro atoms. The number of rotatable bonds is 4. The number of para-hydroxylation sites is 1. The smallest absolute Gasteiger partial charge is 0.126 e. The van der Waals surface area contributed by atoms with Crippen molar-refractivity contribution in [1.29, 1.82) is 0 Å². The number of ether oxygens (including phenoxy) is 1. The Balaban J connectivity index is 2.35. The van der Waals surface area contributed by atoms with Crippen LogP contribution in [0, 0.1) is 11.6 Å². The zero-order valence-corrected chi connectivity index (χ0v) is 11.5. The van der Waals surface area contributed by atoms with E-state index in [4.69, 9.17) is 10.5 Å². The molecule has 0 bridgehead atoms. The average molecular weight is 277 g/mol. The van der Waals surface area contributed by atoms with E-state index in [0.29, 0.717) is 17.7 Å². The van der Waals surface area contributed by atoms with Gasteiger partial charge in [-0.15, -0.1) is 0 Å². The molecule has 0 aliphatic heterocycles. The maximum atomic E-state index is 13.2. The summed E-state index contributed by atoms with van der Waals surface area (Å²) < 4.78 is 31.8. The van der Waals surface area contributed by atoms with Crippen LogP contribution in [0.25, 0.3) is 0 Å². The van der Waals surface area contributed by atoms with Gasteiger partial charge in [-0.25, -0.2) is 8.78 Å². The molecule has 0 aliphatic rings. The standard InChI is InChI=1S/C16H17F2NO/c1-16(19,14-5-3-4-6-15(14)20-2)10-11-7-12(17)9-13(18)8-11/h3-9H,10,19H2,1-2H3. The van der Waals surface area contributed by atoms with Crippen molar-refractivity contribution in [2.24, 2.45) is 5.73 Å². The summed E-state index contributed by atoms with van der Waals surface area (Å²) in [5.74, 6) is -0.541. The highest BCUT2D eigenvalue weighted by Gasteiger charge is 2.25. The molecular weight excluding hydrogens is 260 g/mol. The van der Waals surface area contributed by atoms with Crippen LogP contribution in [0.2, 0.25) is 0 Å². The monoisotopic (exact) mass is 277 g/mol. The van der Waals surface area contributed by atoms with Crippen molar-refractivity contribution in [1.82, 2.24) is 0 Å². The molecule has 0 aromatic heterocycles. The fraction of sp³-hybridized carbons (Fsp3) is 0.250. The Bertz CT molecular complexity index is 591. The summed E-state index contributed by atoms with van der Waals surface area (Å²) in [7, 11) is 1.57. The second kappa shape index (κ2) is 5.59. The fourth-order valence-corrected chi connectivity index (χ4v) is 2.35. The molecule has 2 rings (SSSR count). The van der Waals surface area contributed by atoms with Crippen molar-refractivity contribution in [3.8, 4) is 5.75 Å². The van der Waals surface area contributed by atoms with E-state index in [1.165, 1.54) is 12.1 Å². The molecule has 2 nitrogen and oxygen atoms in total. The van der Waals surface area contributed by atoms with Gasteiger partial charge in [-0.3, -0.25) is 0 Å². The molecule has 2 aromatic rings.